The van der Waals surface area contributed by atoms with Gasteiger partial charge >= 0.3 is 0 Å². The number of hydrogen-bond acceptors (Lipinski definition) is 3. The molecule has 2 N–H and O–H groups in total. The summed E-state index contributed by atoms with van der Waals surface area (Å²) in [4.78, 5) is 12.4. The van der Waals surface area contributed by atoms with Crippen LogP contribution in [0, 0.1) is 5.82 Å². The second-order valence-corrected chi connectivity index (χ2v) is 4.82. The zero-order chi connectivity index (χ0) is 14.0. The topological polar surface area (TPSA) is 52.3 Å². The summed E-state index contributed by atoms with van der Waals surface area (Å²) in [6, 6.07) is 8.73. The van der Waals surface area contributed by atoms with Gasteiger partial charge in [0.05, 0.1) is 12.7 Å². The Bertz CT molecular complexity index is 643. The zero-order valence-electron chi connectivity index (χ0n) is 10.1. The third-order valence-corrected chi connectivity index (χ3v) is 3.16. The van der Waals surface area contributed by atoms with Crippen LogP contribution in [0.5, 0.6) is 5.75 Å². The zero-order valence-corrected chi connectivity index (χ0v) is 11.7. The van der Waals surface area contributed by atoms with E-state index in [1.807, 2.05) is 0 Å². The maximum Gasteiger partial charge on any atom is 0.198 e. The molecule has 3 nitrogen and oxygen atoms in total. The number of carbonyl (C=O) groups is 1. The molecule has 0 aromatic heterocycles. The van der Waals surface area contributed by atoms with Crippen molar-refractivity contribution in [1.82, 2.24) is 0 Å². The minimum atomic E-state index is -0.502. The molecular weight excluding hydrogens is 313 g/mol. The number of ketones is 1. The molecule has 2 rings (SSSR count). The highest BCUT2D eigenvalue weighted by atomic mass is 79.9. The second kappa shape index (κ2) is 5.40. The highest BCUT2D eigenvalue weighted by Crippen LogP contribution is 2.26. The number of ether oxygens (including phenoxy) is 1. The summed E-state index contributed by atoms with van der Waals surface area (Å²) in [6.45, 7) is 0. The van der Waals surface area contributed by atoms with E-state index in [0.29, 0.717) is 17.0 Å². The average molecular weight is 324 g/mol. The van der Waals surface area contributed by atoms with E-state index in [0.717, 1.165) is 10.5 Å². The van der Waals surface area contributed by atoms with E-state index in [4.69, 9.17) is 10.5 Å². The summed E-state index contributed by atoms with van der Waals surface area (Å²) in [5.74, 6) is -0.571. The van der Waals surface area contributed by atoms with Crippen molar-refractivity contribution in [2.75, 3.05) is 12.8 Å². The van der Waals surface area contributed by atoms with Crippen molar-refractivity contribution in [2.24, 2.45) is 0 Å². The minimum absolute atomic E-state index is 0.146. The van der Waals surface area contributed by atoms with Crippen LogP contribution in [0.1, 0.15) is 15.9 Å². The Kier molecular flexibility index (Phi) is 3.85. The maximum absolute atomic E-state index is 13.3. The first-order chi connectivity index (χ1) is 9.02. The summed E-state index contributed by atoms with van der Waals surface area (Å²) in [6.07, 6.45) is 0. The summed E-state index contributed by atoms with van der Waals surface area (Å²) in [5.41, 5.74) is 6.56. The van der Waals surface area contributed by atoms with E-state index in [9.17, 15) is 9.18 Å². The Labute approximate surface area is 118 Å². The predicted octanol–water partition coefficient (Wildman–Crippen LogP) is 3.41. The van der Waals surface area contributed by atoms with E-state index in [1.165, 1.54) is 19.2 Å². The first-order valence-electron chi connectivity index (χ1n) is 5.46. The molecule has 0 radical (unpaired) electrons. The Morgan fingerprint density at radius 3 is 2.63 bits per heavy atom. The molecule has 0 heterocycles. The van der Waals surface area contributed by atoms with Crippen LogP contribution in [0.25, 0.3) is 0 Å². The van der Waals surface area contributed by atoms with E-state index >= 15 is 0 Å². The lowest BCUT2D eigenvalue weighted by molar-refractivity contribution is 0.103. The molecule has 2 aromatic carbocycles. The van der Waals surface area contributed by atoms with Gasteiger partial charge in [0.1, 0.15) is 11.6 Å². The molecule has 0 saturated carbocycles. The maximum atomic E-state index is 13.3. The SMILES string of the molecule is COc1ccc(F)cc1C(=O)c1cc(Br)ccc1N. The van der Waals surface area contributed by atoms with Crippen LogP contribution in [-0.4, -0.2) is 12.9 Å². The fourth-order valence-corrected chi connectivity index (χ4v) is 2.09. The monoisotopic (exact) mass is 323 g/mol. The van der Waals surface area contributed by atoms with Crippen molar-refractivity contribution in [3.8, 4) is 5.75 Å². The first-order valence-corrected chi connectivity index (χ1v) is 6.25. The number of anilines is 1. The third kappa shape index (κ3) is 2.76. The van der Waals surface area contributed by atoms with Crippen molar-refractivity contribution in [2.45, 2.75) is 0 Å². The molecule has 0 fully saturated rings. The molecule has 2 aromatic rings. The van der Waals surface area contributed by atoms with Crippen LogP contribution in [0.3, 0.4) is 0 Å². The number of hydrogen-bond donors (Lipinski definition) is 1. The van der Waals surface area contributed by atoms with Crippen LogP contribution in [-0.2, 0) is 0 Å². The Balaban J connectivity index is 2.55. The van der Waals surface area contributed by atoms with Crippen molar-refractivity contribution in [3.63, 3.8) is 0 Å². The number of benzene rings is 2. The predicted molar refractivity (Wildman–Crippen MR) is 74.9 cm³/mol. The quantitative estimate of drug-likeness (QED) is 0.695. The van der Waals surface area contributed by atoms with E-state index < -0.39 is 5.82 Å². The standard InChI is InChI=1S/C14H11BrFNO2/c1-19-13-5-3-9(16)7-11(13)14(18)10-6-8(15)2-4-12(10)17/h2-7H,17H2,1H3. The molecule has 0 bridgehead atoms. The summed E-state index contributed by atoms with van der Waals surface area (Å²) >= 11 is 3.27. The van der Waals surface area contributed by atoms with Crippen molar-refractivity contribution in [3.05, 3.63) is 57.8 Å². The third-order valence-electron chi connectivity index (χ3n) is 2.67. The number of nitrogen functional groups attached to an aromatic ring is 1. The first kappa shape index (κ1) is 13.5. The lowest BCUT2D eigenvalue weighted by Gasteiger charge is -2.09. The van der Waals surface area contributed by atoms with Gasteiger partial charge in [0.25, 0.3) is 0 Å². The van der Waals surface area contributed by atoms with E-state index in [2.05, 4.69) is 15.9 Å². The summed E-state index contributed by atoms with van der Waals surface area (Å²) in [5, 5.41) is 0. The van der Waals surface area contributed by atoms with Crippen LogP contribution >= 0.6 is 15.9 Å². The highest BCUT2D eigenvalue weighted by molar-refractivity contribution is 9.10. The van der Waals surface area contributed by atoms with Crippen molar-refractivity contribution >= 4 is 27.4 Å². The largest absolute Gasteiger partial charge is 0.496 e. The summed E-state index contributed by atoms with van der Waals surface area (Å²) in [7, 11) is 1.42. The molecule has 0 saturated heterocycles. The van der Waals surface area contributed by atoms with Crippen LogP contribution in [0.4, 0.5) is 10.1 Å². The van der Waals surface area contributed by atoms with Crippen molar-refractivity contribution in [1.29, 1.82) is 0 Å². The second-order valence-electron chi connectivity index (χ2n) is 3.91. The van der Waals surface area contributed by atoms with E-state index in [-0.39, 0.29) is 11.3 Å². The molecule has 0 aliphatic rings. The van der Waals surface area contributed by atoms with Crippen LogP contribution in [0.2, 0.25) is 0 Å². The van der Waals surface area contributed by atoms with Gasteiger partial charge in [-0.2, -0.15) is 0 Å². The number of carbonyl (C=O) groups excluding carboxylic acids is 1. The molecule has 0 aliphatic heterocycles. The van der Waals surface area contributed by atoms with Gasteiger partial charge < -0.3 is 10.5 Å². The van der Waals surface area contributed by atoms with Gasteiger partial charge in [-0.3, -0.25) is 4.79 Å². The number of halogens is 2. The number of nitrogens with two attached hydrogens (primary N) is 1. The molecule has 5 heteroatoms. The smallest absolute Gasteiger partial charge is 0.198 e. The van der Waals surface area contributed by atoms with Gasteiger partial charge in [0, 0.05) is 15.7 Å². The molecule has 19 heavy (non-hydrogen) atoms. The lowest BCUT2D eigenvalue weighted by Crippen LogP contribution is -2.07. The number of rotatable bonds is 3. The molecule has 98 valence electrons. The number of methoxy groups -OCH3 is 1. The van der Waals surface area contributed by atoms with Gasteiger partial charge in [0.2, 0.25) is 0 Å². The Hall–Kier alpha value is -1.88. The normalized spacial score (nSPS) is 10.3. The highest BCUT2D eigenvalue weighted by Gasteiger charge is 2.18. The fourth-order valence-electron chi connectivity index (χ4n) is 1.73. The van der Waals surface area contributed by atoms with Crippen LogP contribution < -0.4 is 10.5 Å². The minimum Gasteiger partial charge on any atom is -0.496 e. The van der Waals surface area contributed by atoms with Gasteiger partial charge in [0.15, 0.2) is 5.78 Å². The molecular formula is C14H11BrFNO2. The summed E-state index contributed by atoms with van der Waals surface area (Å²) < 4.78 is 19.1. The van der Waals surface area contributed by atoms with E-state index in [1.54, 1.807) is 18.2 Å². The molecule has 0 spiro atoms. The Morgan fingerprint density at radius 1 is 1.21 bits per heavy atom. The molecule has 0 atom stereocenters. The average Bonchev–Trinajstić information content (AvgIpc) is 2.40. The van der Waals surface area contributed by atoms with Gasteiger partial charge in [-0.1, -0.05) is 15.9 Å². The molecule has 0 unspecified atom stereocenters. The molecule has 0 aliphatic carbocycles. The molecule has 0 amide bonds. The fraction of sp³-hybridized carbons (Fsp3) is 0.0714. The van der Waals surface area contributed by atoms with Gasteiger partial charge in [-0.25, -0.2) is 4.39 Å². The lowest BCUT2D eigenvalue weighted by atomic mass is 10.0. The van der Waals surface area contributed by atoms with Crippen LogP contribution in [0.15, 0.2) is 40.9 Å². The van der Waals surface area contributed by atoms with Gasteiger partial charge in [-0.15, -0.1) is 0 Å². The van der Waals surface area contributed by atoms with Crippen molar-refractivity contribution < 1.29 is 13.9 Å². The Morgan fingerprint density at radius 2 is 1.95 bits per heavy atom. The van der Waals surface area contributed by atoms with Gasteiger partial charge in [-0.05, 0) is 36.4 Å².